The van der Waals surface area contributed by atoms with Crippen LogP contribution in [-0.2, 0) is 6.42 Å². The van der Waals surface area contributed by atoms with E-state index >= 15 is 0 Å². The molecule has 0 saturated carbocycles. The molecule has 0 fully saturated rings. The second kappa shape index (κ2) is 5.04. The van der Waals surface area contributed by atoms with Gasteiger partial charge in [0.2, 0.25) is 0 Å². The smallest absolute Gasteiger partial charge is 0.122 e. The molecule has 1 rings (SSSR count). The molecular formula is C13H20O. The summed E-state index contributed by atoms with van der Waals surface area (Å²) in [7, 11) is 0. The van der Waals surface area contributed by atoms with Crippen molar-refractivity contribution in [1.29, 1.82) is 0 Å². The highest BCUT2D eigenvalue weighted by atomic mass is 16.5. The van der Waals surface area contributed by atoms with Crippen LogP contribution in [0.5, 0.6) is 5.75 Å². The summed E-state index contributed by atoms with van der Waals surface area (Å²) in [6.07, 6.45) is 1.04. The summed E-state index contributed by atoms with van der Waals surface area (Å²) in [5, 5.41) is 0. The van der Waals surface area contributed by atoms with E-state index in [1.54, 1.807) is 0 Å². The van der Waals surface area contributed by atoms with E-state index in [1.807, 2.05) is 6.92 Å². The molecule has 0 radical (unpaired) electrons. The van der Waals surface area contributed by atoms with E-state index in [4.69, 9.17) is 4.74 Å². The first-order chi connectivity index (χ1) is 6.69. The van der Waals surface area contributed by atoms with Gasteiger partial charge in [-0.05, 0) is 36.5 Å². The first kappa shape index (κ1) is 11.1. The van der Waals surface area contributed by atoms with Gasteiger partial charge < -0.3 is 4.74 Å². The molecule has 0 aromatic heterocycles. The second-order valence-electron chi connectivity index (χ2n) is 3.81. The van der Waals surface area contributed by atoms with Crippen LogP contribution in [0, 0.1) is 0 Å². The van der Waals surface area contributed by atoms with Gasteiger partial charge in [-0.1, -0.05) is 32.9 Å². The van der Waals surface area contributed by atoms with Gasteiger partial charge >= 0.3 is 0 Å². The van der Waals surface area contributed by atoms with Gasteiger partial charge in [-0.15, -0.1) is 0 Å². The molecule has 0 heterocycles. The van der Waals surface area contributed by atoms with Crippen molar-refractivity contribution < 1.29 is 4.74 Å². The molecule has 1 aromatic carbocycles. The Morgan fingerprint density at radius 1 is 1.21 bits per heavy atom. The zero-order chi connectivity index (χ0) is 10.6. The van der Waals surface area contributed by atoms with Crippen LogP contribution in [-0.4, -0.2) is 6.61 Å². The predicted octanol–water partition coefficient (Wildman–Crippen LogP) is 3.77. The number of ether oxygens (including phenoxy) is 1. The third-order valence-corrected chi connectivity index (χ3v) is 2.44. The number of hydrogen-bond acceptors (Lipinski definition) is 1. The van der Waals surface area contributed by atoms with Crippen molar-refractivity contribution in [2.45, 2.75) is 40.0 Å². The Morgan fingerprint density at radius 3 is 2.43 bits per heavy atom. The lowest BCUT2D eigenvalue weighted by Crippen LogP contribution is -1.98. The van der Waals surface area contributed by atoms with Crippen molar-refractivity contribution >= 4 is 0 Å². The van der Waals surface area contributed by atoms with Gasteiger partial charge in [0, 0.05) is 0 Å². The predicted molar refractivity (Wildman–Crippen MR) is 61.1 cm³/mol. The minimum absolute atomic E-state index is 0.570. The van der Waals surface area contributed by atoms with Crippen molar-refractivity contribution in [3.05, 3.63) is 29.3 Å². The van der Waals surface area contributed by atoms with Crippen molar-refractivity contribution in [3.8, 4) is 5.75 Å². The molecule has 0 aliphatic heterocycles. The number of aryl methyl sites for hydroxylation is 1. The molecule has 1 nitrogen and oxygen atoms in total. The van der Waals surface area contributed by atoms with E-state index in [0.29, 0.717) is 5.92 Å². The van der Waals surface area contributed by atoms with Crippen LogP contribution < -0.4 is 4.74 Å². The molecule has 1 heteroatoms. The summed E-state index contributed by atoms with van der Waals surface area (Å²) in [5.74, 6) is 1.63. The summed E-state index contributed by atoms with van der Waals surface area (Å²) >= 11 is 0. The van der Waals surface area contributed by atoms with Crippen LogP contribution in [0.3, 0.4) is 0 Å². The second-order valence-corrected chi connectivity index (χ2v) is 3.81. The molecule has 0 N–H and O–H groups in total. The number of hydrogen-bond donors (Lipinski definition) is 0. The van der Waals surface area contributed by atoms with Crippen LogP contribution in [0.4, 0.5) is 0 Å². The van der Waals surface area contributed by atoms with Crippen molar-refractivity contribution in [2.24, 2.45) is 0 Å². The van der Waals surface area contributed by atoms with Gasteiger partial charge in [0.25, 0.3) is 0 Å². The van der Waals surface area contributed by atoms with Crippen molar-refractivity contribution in [3.63, 3.8) is 0 Å². The lowest BCUT2D eigenvalue weighted by Gasteiger charge is -2.12. The molecule has 0 amide bonds. The SMILES string of the molecule is CCOc1cc(C(C)C)ccc1CC. The fourth-order valence-electron chi connectivity index (χ4n) is 1.51. The van der Waals surface area contributed by atoms with Crippen LogP contribution in [0.1, 0.15) is 44.7 Å². The monoisotopic (exact) mass is 192 g/mol. The molecule has 0 atom stereocenters. The summed E-state index contributed by atoms with van der Waals surface area (Å²) in [6.45, 7) is 9.34. The Morgan fingerprint density at radius 2 is 1.93 bits per heavy atom. The van der Waals surface area contributed by atoms with Crippen LogP contribution in [0.15, 0.2) is 18.2 Å². The molecule has 14 heavy (non-hydrogen) atoms. The highest BCUT2D eigenvalue weighted by Gasteiger charge is 2.05. The van der Waals surface area contributed by atoms with E-state index in [2.05, 4.69) is 39.0 Å². The van der Waals surface area contributed by atoms with Crippen molar-refractivity contribution in [2.75, 3.05) is 6.61 Å². The Kier molecular flexibility index (Phi) is 3.99. The van der Waals surface area contributed by atoms with Crippen LogP contribution in [0.2, 0.25) is 0 Å². The summed E-state index contributed by atoms with van der Waals surface area (Å²) in [5.41, 5.74) is 2.65. The minimum atomic E-state index is 0.570. The molecule has 0 unspecified atom stereocenters. The molecule has 78 valence electrons. The quantitative estimate of drug-likeness (QED) is 0.705. The van der Waals surface area contributed by atoms with Crippen molar-refractivity contribution in [1.82, 2.24) is 0 Å². The highest BCUT2D eigenvalue weighted by molar-refractivity contribution is 5.38. The standard InChI is InChI=1S/C13H20O/c1-5-11-7-8-12(10(3)4)9-13(11)14-6-2/h7-10H,5-6H2,1-4H3. The van der Waals surface area contributed by atoms with Gasteiger partial charge in [-0.2, -0.15) is 0 Å². The maximum absolute atomic E-state index is 5.62. The normalized spacial score (nSPS) is 10.6. The Hall–Kier alpha value is -0.980. The average molecular weight is 192 g/mol. The van der Waals surface area contributed by atoms with E-state index in [9.17, 15) is 0 Å². The van der Waals surface area contributed by atoms with E-state index in [1.165, 1.54) is 11.1 Å². The third kappa shape index (κ3) is 2.50. The topological polar surface area (TPSA) is 9.23 Å². The average Bonchev–Trinajstić information content (AvgIpc) is 2.18. The number of rotatable bonds is 4. The van der Waals surface area contributed by atoms with E-state index in [-0.39, 0.29) is 0 Å². The molecule has 0 spiro atoms. The third-order valence-electron chi connectivity index (χ3n) is 2.44. The van der Waals surface area contributed by atoms with Crippen LogP contribution >= 0.6 is 0 Å². The Bertz CT molecular complexity index is 289. The zero-order valence-electron chi connectivity index (χ0n) is 9.63. The molecule has 0 saturated heterocycles. The molecular weight excluding hydrogens is 172 g/mol. The Labute approximate surface area is 87.1 Å². The van der Waals surface area contributed by atoms with Gasteiger partial charge in [0.1, 0.15) is 5.75 Å². The van der Waals surface area contributed by atoms with E-state index < -0.39 is 0 Å². The summed E-state index contributed by atoms with van der Waals surface area (Å²) in [4.78, 5) is 0. The first-order valence-corrected chi connectivity index (χ1v) is 5.44. The Balaban J connectivity index is 3.01. The lowest BCUT2D eigenvalue weighted by molar-refractivity contribution is 0.336. The van der Waals surface area contributed by atoms with Gasteiger partial charge in [0.05, 0.1) is 6.61 Å². The van der Waals surface area contributed by atoms with Gasteiger partial charge in [-0.25, -0.2) is 0 Å². The van der Waals surface area contributed by atoms with E-state index in [0.717, 1.165) is 18.8 Å². The molecule has 0 aliphatic rings. The maximum Gasteiger partial charge on any atom is 0.122 e. The van der Waals surface area contributed by atoms with Crippen LogP contribution in [0.25, 0.3) is 0 Å². The molecule has 0 aliphatic carbocycles. The zero-order valence-corrected chi connectivity index (χ0v) is 9.63. The summed E-state index contributed by atoms with van der Waals surface area (Å²) < 4.78 is 5.62. The minimum Gasteiger partial charge on any atom is -0.494 e. The summed E-state index contributed by atoms with van der Waals surface area (Å²) in [6, 6.07) is 6.55. The lowest BCUT2D eigenvalue weighted by atomic mass is 10.00. The highest BCUT2D eigenvalue weighted by Crippen LogP contribution is 2.25. The fraction of sp³-hybridized carbons (Fsp3) is 0.538. The molecule has 1 aromatic rings. The maximum atomic E-state index is 5.62. The number of benzene rings is 1. The largest absolute Gasteiger partial charge is 0.494 e. The van der Waals surface area contributed by atoms with Gasteiger partial charge in [-0.3, -0.25) is 0 Å². The van der Waals surface area contributed by atoms with Gasteiger partial charge in [0.15, 0.2) is 0 Å². The fourth-order valence-corrected chi connectivity index (χ4v) is 1.51. The molecule has 0 bridgehead atoms. The first-order valence-electron chi connectivity index (χ1n) is 5.44.